The summed E-state index contributed by atoms with van der Waals surface area (Å²) >= 11 is 0. The van der Waals surface area contributed by atoms with Gasteiger partial charge in [-0.25, -0.2) is 9.97 Å². The first-order valence-corrected chi connectivity index (χ1v) is 6.26. The normalized spacial score (nSPS) is 25.1. The largest absolute Gasteiger partial charge is 0.339 e. The molecule has 0 amide bonds. The quantitative estimate of drug-likeness (QED) is 0.740. The second-order valence-electron chi connectivity index (χ2n) is 5.12. The molecular weight excluding hydrogens is 214 g/mol. The summed E-state index contributed by atoms with van der Waals surface area (Å²) in [6.07, 6.45) is 4.06. The number of nitrogens with zero attached hydrogens (tertiary/aromatic N) is 4. The van der Waals surface area contributed by atoms with E-state index < -0.39 is 0 Å². The summed E-state index contributed by atoms with van der Waals surface area (Å²) in [4.78, 5) is 13.7. The van der Waals surface area contributed by atoms with Gasteiger partial charge in [-0.05, 0) is 13.5 Å². The molecule has 0 spiro atoms. The van der Waals surface area contributed by atoms with E-state index in [9.17, 15) is 0 Å². The van der Waals surface area contributed by atoms with E-state index in [1.807, 2.05) is 6.20 Å². The predicted octanol–water partition coefficient (Wildman–Crippen LogP) is 0.00190. The SMILES string of the molecule is CN1CCc2nc(N3CCC(N)C3)ncc2C1. The minimum Gasteiger partial charge on any atom is -0.339 e. The Balaban J connectivity index is 1.83. The molecule has 0 radical (unpaired) electrons. The van der Waals surface area contributed by atoms with E-state index in [1.165, 1.54) is 11.3 Å². The zero-order valence-electron chi connectivity index (χ0n) is 10.3. The average Bonchev–Trinajstić information content (AvgIpc) is 2.75. The number of likely N-dealkylation sites (N-methyl/N-ethyl adjacent to an activating group) is 1. The number of rotatable bonds is 1. The molecule has 5 nitrogen and oxygen atoms in total. The van der Waals surface area contributed by atoms with Crippen LogP contribution in [0.4, 0.5) is 5.95 Å². The molecule has 0 aliphatic carbocycles. The van der Waals surface area contributed by atoms with Crippen molar-refractivity contribution in [2.75, 3.05) is 31.6 Å². The summed E-state index contributed by atoms with van der Waals surface area (Å²) < 4.78 is 0. The summed E-state index contributed by atoms with van der Waals surface area (Å²) in [5, 5.41) is 0. The van der Waals surface area contributed by atoms with Crippen molar-refractivity contribution in [2.45, 2.75) is 25.4 Å². The lowest BCUT2D eigenvalue weighted by Crippen LogP contribution is -2.30. The van der Waals surface area contributed by atoms with Crippen molar-refractivity contribution in [1.82, 2.24) is 14.9 Å². The van der Waals surface area contributed by atoms with Crippen LogP contribution in [0.2, 0.25) is 0 Å². The molecule has 1 saturated heterocycles. The van der Waals surface area contributed by atoms with Crippen molar-refractivity contribution in [3.63, 3.8) is 0 Å². The third kappa shape index (κ3) is 2.12. The van der Waals surface area contributed by atoms with E-state index in [2.05, 4.69) is 21.8 Å². The number of hydrogen-bond donors (Lipinski definition) is 1. The third-order valence-corrected chi connectivity index (χ3v) is 3.62. The molecule has 2 aliphatic rings. The second-order valence-corrected chi connectivity index (χ2v) is 5.12. The van der Waals surface area contributed by atoms with Gasteiger partial charge in [-0.1, -0.05) is 0 Å². The first-order chi connectivity index (χ1) is 8.22. The van der Waals surface area contributed by atoms with Crippen molar-refractivity contribution in [3.05, 3.63) is 17.5 Å². The smallest absolute Gasteiger partial charge is 0.225 e. The highest BCUT2D eigenvalue weighted by Gasteiger charge is 2.23. The molecule has 3 heterocycles. The van der Waals surface area contributed by atoms with Gasteiger partial charge in [0.05, 0.1) is 5.69 Å². The number of nitrogens with two attached hydrogens (primary N) is 1. The number of hydrogen-bond acceptors (Lipinski definition) is 5. The summed E-state index contributed by atoms with van der Waals surface area (Å²) in [6, 6.07) is 0.278. The standard InChI is InChI=1S/C12H19N5/c1-16-4-3-11-9(7-16)6-14-12(15-11)17-5-2-10(13)8-17/h6,10H,2-5,7-8,13H2,1H3. The van der Waals surface area contributed by atoms with E-state index in [4.69, 9.17) is 10.7 Å². The molecular formula is C12H19N5. The Kier molecular flexibility index (Phi) is 2.72. The molecule has 1 aromatic heterocycles. The molecule has 2 aliphatic heterocycles. The van der Waals surface area contributed by atoms with E-state index in [0.717, 1.165) is 45.0 Å². The molecule has 1 atom stereocenters. The Hall–Kier alpha value is -1.20. The Morgan fingerprint density at radius 2 is 2.29 bits per heavy atom. The van der Waals surface area contributed by atoms with Crippen LogP contribution in [0.5, 0.6) is 0 Å². The van der Waals surface area contributed by atoms with Gasteiger partial charge in [-0.2, -0.15) is 0 Å². The molecule has 5 heteroatoms. The summed E-state index contributed by atoms with van der Waals surface area (Å²) in [6.45, 7) is 3.93. The van der Waals surface area contributed by atoms with E-state index >= 15 is 0 Å². The maximum Gasteiger partial charge on any atom is 0.225 e. The van der Waals surface area contributed by atoms with Crippen molar-refractivity contribution >= 4 is 5.95 Å². The van der Waals surface area contributed by atoms with Crippen LogP contribution in [0.15, 0.2) is 6.20 Å². The van der Waals surface area contributed by atoms with Gasteiger partial charge in [-0.15, -0.1) is 0 Å². The maximum atomic E-state index is 5.91. The minimum atomic E-state index is 0.278. The average molecular weight is 233 g/mol. The molecule has 0 aromatic carbocycles. The van der Waals surface area contributed by atoms with Gasteiger partial charge >= 0.3 is 0 Å². The number of anilines is 1. The van der Waals surface area contributed by atoms with Gasteiger partial charge in [0, 0.05) is 50.4 Å². The maximum absolute atomic E-state index is 5.91. The molecule has 2 N–H and O–H groups in total. The lowest BCUT2D eigenvalue weighted by atomic mass is 10.1. The Morgan fingerprint density at radius 3 is 3.06 bits per heavy atom. The van der Waals surface area contributed by atoms with Crippen molar-refractivity contribution in [2.24, 2.45) is 5.73 Å². The van der Waals surface area contributed by atoms with E-state index in [-0.39, 0.29) is 6.04 Å². The third-order valence-electron chi connectivity index (χ3n) is 3.62. The molecule has 17 heavy (non-hydrogen) atoms. The van der Waals surface area contributed by atoms with E-state index in [0.29, 0.717) is 0 Å². The molecule has 3 rings (SSSR count). The summed E-state index contributed by atoms with van der Waals surface area (Å²) in [5.41, 5.74) is 8.40. The summed E-state index contributed by atoms with van der Waals surface area (Å²) in [7, 11) is 2.14. The minimum absolute atomic E-state index is 0.278. The molecule has 0 saturated carbocycles. The first-order valence-electron chi connectivity index (χ1n) is 6.26. The highest BCUT2D eigenvalue weighted by Crippen LogP contribution is 2.20. The van der Waals surface area contributed by atoms with Gasteiger partial charge < -0.3 is 15.5 Å². The van der Waals surface area contributed by atoms with Gasteiger partial charge in [0.2, 0.25) is 5.95 Å². The Morgan fingerprint density at radius 1 is 1.41 bits per heavy atom. The van der Waals surface area contributed by atoms with Crippen LogP contribution >= 0.6 is 0 Å². The van der Waals surface area contributed by atoms with Crippen LogP contribution in [0, 0.1) is 0 Å². The van der Waals surface area contributed by atoms with E-state index in [1.54, 1.807) is 0 Å². The topological polar surface area (TPSA) is 58.3 Å². The fourth-order valence-electron chi connectivity index (χ4n) is 2.57. The predicted molar refractivity (Wildman–Crippen MR) is 66.9 cm³/mol. The van der Waals surface area contributed by atoms with Crippen molar-refractivity contribution in [1.29, 1.82) is 0 Å². The lowest BCUT2D eigenvalue weighted by molar-refractivity contribution is 0.309. The molecule has 1 fully saturated rings. The Labute approximate surface area is 102 Å². The second kappa shape index (κ2) is 4.23. The van der Waals surface area contributed by atoms with Crippen LogP contribution in [-0.4, -0.2) is 47.6 Å². The highest BCUT2D eigenvalue weighted by atomic mass is 15.3. The van der Waals surface area contributed by atoms with Gasteiger partial charge in [0.1, 0.15) is 0 Å². The van der Waals surface area contributed by atoms with Crippen LogP contribution in [0.25, 0.3) is 0 Å². The van der Waals surface area contributed by atoms with Gasteiger partial charge in [-0.3, -0.25) is 0 Å². The van der Waals surface area contributed by atoms with Crippen LogP contribution < -0.4 is 10.6 Å². The first kappa shape index (κ1) is 10.9. The van der Waals surface area contributed by atoms with Crippen LogP contribution in [-0.2, 0) is 13.0 Å². The lowest BCUT2D eigenvalue weighted by Gasteiger charge is -2.25. The van der Waals surface area contributed by atoms with Crippen molar-refractivity contribution < 1.29 is 0 Å². The zero-order chi connectivity index (χ0) is 11.8. The van der Waals surface area contributed by atoms with Crippen molar-refractivity contribution in [3.8, 4) is 0 Å². The fraction of sp³-hybridized carbons (Fsp3) is 0.667. The summed E-state index contributed by atoms with van der Waals surface area (Å²) in [5.74, 6) is 0.862. The molecule has 92 valence electrons. The monoisotopic (exact) mass is 233 g/mol. The molecule has 0 bridgehead atoms. The fourth-order valence-corrected chi connectivity index (χ4v) is 2.57. The number of fused-ring (bicyclic) bond motifs is 1. The van der Waals surface area contributed by atoms with Crippen LogP contribution in [0.1, 0.15) is 17.7 Å². The highest BCUT2D eigenvalue weighted by molar-refractivity contribution is 5.35. The van der Waals surface area contributed by atoms with Gasteiger partial charge in [0.25, 0.3) is 0 Å². The molecule has 1 aromatic rings. The Bertz CT molecular complexity index is 419. The zero-order valence-corrected chi connectivity index (χ0v) is 10.3. The van der Waals surface area contributed by atoms with Gasteiger partial charge in [0.15, 0.2) is 0 Å². The number of aromatic nitrogens is 2. The van der Waals surface area contributed by atoms with Crippen LogP contribution in [0.3, 0.4) is 0 Å². The molecule has 1 unspecified atom stereocenters.